The summed E-state index contributed by atoms with van der Waals surface area (Å²) >= 11 is 5.97. The molecule has 1 atom stereocenters. The molecule has 0 bridgehead atoms. The molecule has 0 saturated carbocycles. The summed E-state index contributed by atoms with van der Waals surface area (Å²) in [5, 5.41) is 15.4. The highest BCUT2D eigenvalue weighted by Crippen LogP contribution is 2.14. The lowest BCUT2D eigenvalue weighted by atomic mass is 10.2. The summed E-state index contributed by atoms with van der Waals surface area (Å²) in [6, 6.07) is 10.6. The number of hydrogen-bond acceptors (Lipinski definition) is 3. The average molecular weight is 336 g/mol. The van der Waals surface area contributed by atoms with Crippen LogP contribution in [0, 0.1) is 0 Å². The summed E-state index contributed by atoms with van der Waals surface area (Å²) in [6.07, 6.45) is 0.909. The van der Waals surface area contributed by atoms with Gasteiger partial charge >= 0.3 is 11.8 Å². The maximum absolute atomic E-state index is 11.7. The zero-order valence-electron chi connectivity index (χ0n) is 12.6. The summed E-state index contributed by atoms with van der Waals surface area (Å²) in [6.45, 7) is 0.114. The quantitative estimate of drug-likeness (QED) is 0.717. The SMILES string of the molecule is Cn1cccc1[C@H](O)CNC(=O)C(=O)NCc1ccccc1Cl. The van der Waals surface area contributed by atoms with Crippen molar-refractivity contribution in [1.29, 1.82) is 0 Å². The summed E-state index contributed by atoms with van der Waals surface area (Å²) in [4.78, 5) is 23.5. The number of amides is 2. The van der Waals surface area contributed by atoms with Crippen molar-refractivity contribution in [1.82, 2.24) is 15.2 Å². The highest BCUT2D eigenvalue weighted by atomic mass is 35.5. The predicted octanol–water partition coefficient (Wildman–Crippen LogP) is 1.14. The third kappa shape index (κ3) is 4.58. The van der Waals surface area contributed by atoms with Crippen molar-refractivity contribution in [2.75, 3.05) is 6.54 Å². The molecule has 0 aliphatic rings. The number of aliphatic hydroxyl groups is 1. The number of aliphatic hydroxyl groups excluding tert-OH is 1. The van der Waals surface area contributed by atoms with E-state index in [4.69, 9.17) is 11.6 Å². The van der Waals surface area contributed by atoms with Gasteiger partial charge in [0.2, 0.25) is 0 Å². The molecule has 0 aliphatic heterocycles. The molecule has 3 N–H and O–H groups in total. The predicted molar refractivity (Wildman–Crippen MR) is 86.7 cm³/mol. The number of rotatable bonds is 5. The van der Waals surface area contributed by atoms with Crippen LogP contribution in [-0.4, -0.2) is 28.0 Å². The van der Waals surface area contributed by atoms with Gasteiger partial charge in [-0.2, -0.15) is 0 Å². The molecular weight excluding hydrogens is 318 g/mol. The fourth-order valence-electron chi connectivity index (χ4n) is 2.09. The Balaban J connectivity index is 1.80. The first-order valence-electron chi connectivity index (χ1n) is 7.07. The van der Waals surface area contributed by atoms with Gasteiger partial charge in [-0.15, -0.1) is 0 Å². The highest BCUT2D eigenvalue weighted by molar-refractivity contribution is 6.35. The Labute approximate surface area is 139 Å². The number of aromatic nitrogens is 1. The Hall–Kier alpha value is -2.31. The summed E-state index contributed by atoms with van der Waals surface area (Å²) in [5.41, 5.74) is 1.38. The first-order chi connectivity index (χ1) is 11.0. The molecule has 6 nitrogen and oxygen atoms in total. The first-order valence-corrected chi connectivity index (χ1v) is 7.45. The molecule has 0 spiro atoms. The molecule has 0 unspecified atom stereocenters. The number of benzene rings is 1. The monoisotopic (exact) mass is 335 g/mol. The van der Waals surface area contributed by atoms with Crippen LogP contribution in [0.15, 0.2) is 42.6 Å². The van der Waals surface area contributed by atoms with Crippen molar-refractivity contribution in [2.45, 2.75) is 12.6 Å². The molecule has 1 aromatic carbocycles. The third-order valence-corrected chi connectivity index (χ3v) is 3.75. The van der Waals surface area contributed by atoms with E-state index in [9.17, 15) is 14.7 Å². The van der Waals surface area contributed by atoms with Gasteiger partial charge in [0.1, 0.15) is 6.10 Å². The lowest BCUT2D eigenvalue weighted by Crippen LogP contribution is -2.41. The topological polar surface area (TPSA) is 83.4 Å². The number of carbonyl (C=O) groups excluding carboxylic acids is 2. The first kappa shape index (κ1) is 17.1. The lowest BCUT2D eigenvalue weighted by Gasteiger charge is -2.13. The van der Waals surface area contributed by atoms with Gasteiger partial charge in [-0.05, 0) is 23.8 Å². The van der Waals surface area contributed by atoms with Crippen molar-refractivity contribution >= 4 is 23.4 Å². The van der Waals surface area contributed by atoms with E-state index in [2.05, 4.69) is 10.6 Å². The van der Waals surface area contributed by atoms with Gasteiger partial charge in [0.15, 0.2) is 0 Å². The number of halogens is 1. The van der Waals surface area contributed by atoms with E-state index in [1.54, 1.807) is 54.2 Å². The van der Waals surface area contributed by atoms with Crippen molar-refractivity contribution in [2.24, 2.45) is 7.05 Å². The third-order valence-electron chi connectivity index (χ3n) is 3.38. The van der Waals surface area contributed by atoms with Crippen molar-refractivity contribution in [3.8, 4) is 0 Å². The number of aryl methyl sites for hydroxylation is 1. The zero-order valence-corrected chi connectivity index (χ0v) is 13.4. The van der Waals surface area contributed by atoms with Gasteiger partial charge in [-0.3, -0.25) is 9.59 Å². The molecule has 0 aliphatic carbocycles. The van der Waals surface area contributed by atoms with E-state index >= 15 is 0 Å². The number of nitrogens with one attached hydrogen (secondary N) is 2. The molecule has 0 fully saturated rings. The van der Waals surface area contributed by atoms with E-state index in [0.717, 1.165) is 5.56 Å². The largest absolute Gasteiger partial charge is 0.385 e. The van der Waals surface area contributed by atoms with Crippen molar-refractivity contribution in [3.05, 3.63) is 58.9 Å². The van der Waals surface area contributed by atoms with Crippen LogP contribution in [0.2, 0.25) is 5.02 Å². The second-order valence-corrected chi connectivity index (χ2v) is 5.45. The maximum atomic E-state index is 11.7. The number of hydrogen-bond donors (Lipinski definition) is 3. The van der Waals surface area contributed by atoms with Crippen LogP contribution in [0.1, 0.15) is 17.4 Å². The van der Waals surface area contributed by atoms with Crippen molar-refractivity contribution in [3.63, 3.8) is 0 Å². The van der Waals surface area contributed by atoms with E-state index in [0.29, 0.717) is 10.7 Å². The Bertz CT molecular complexity index is 699. The minimum absolute atomic E-state index is 0.0454. The molecule has 1 heterocycles. The van der Waals surface area contributed by atoms with Crippen LogP contribution in [0.25, 0.3) is 0 Å². The molecule has 122 valence electrons. The fourth-order valence-corrected chi connectivity index (χ4v) is 2.29. The van der Waals surface area contributed by atoms with Crippen LogP contribution < -0.4 is 10.6 Å². The zero-order chi connectivity index (χ0) is 16.8. The highest BCUT2D eigenvalue weighted by Gasteiger charge is 2.16. The fraction of sp³-hybridized carbons (Fsp3) is 0.250. The molecule has 2 aromatic rings. The van der Waals surface area contributed by atoms with Gasteiger partial charge in [0.05, 0.1) is 0 Å². The second kappa shape index (κ2) is 7.80. The van der Waals surface area contributed by atoms with Crippen LogP contribution in [0.5, 0.6) is 0 Å². The van der Waals surface area contributed by atoms with Gasteiger partial charge in [0, 0.05) is 37.1 Å². The molecule has 1 aromatic heterocycles. The Morgan fingerprint density at radius 3 is 2.52 bits per heavy atom. The maximum Gasteiger partial charge on any atom is 0.309 e. The van der Waals surface area contributed by atoms with Crippen LogP contribution >= 0.6 is 11.6 Å². The van der Waals surface area contributed by atoms with E-state index in [-0.39, 0.29) is 13.1 Å². The lowest BCUT2D eigenvalue weighted by molar-refractivity contribution is -0.139. The molecule has 7 heteroatoms. The van der Waals surface area contributed by atoms with Crippen LogP contribution in [0.4, 0.5) is 0 Å². The van der Waals surface area contributed by atoms with Crippen LogP contribution in [-0.2, 0) is 23.2 Å². The van der Waals surface area contributed by atoms with Gasteiger partial charge in [-0.1, -0.05) is 29.8 Å². The Kier molecular flexibility index (Phi) is 5.78. The van der Waals surface area contributed by atoms with Gasteiger partial charge in [0.25, 0.3) is 0 Å². The normalized spacial score (nSPS) is 11.8. The molecule has 0 radical (unpaired) electrons. The average Bonchev–Trinajstić information content (AvgIpc) is 2.97. The standard InChI is InChI=1S/C16H18ClN3O3/c1-20-8-4-7-13(20)14(21)10-19-16(23)15(22)18-9-11-5-2-3-6-12(11)17/h2-8,14,21H,9-10H2,1H3,(H,18,22)(H,19,23)/t14-/m1/s1. The Morgan fingerprint density at radius 1 is 1.17 bits per heavy atom. The van der Waals surface area contributed by atoms with Gasteiger partial charge in [-0.25, -0.2) is 0 Å². The summed E-state index contributed by atoms with van der Waals surface area (Å²) < 4.78 is 1.74. The molecule has 2 rings (SSSR count). The molecule has 23 heavy (non-hydrogen) atoms. The van der Waals surface area contributed by atoms with E-state index in [1.807, 2.05) is 0 Å². The van der Waals surface area contributed by atoms with E-state index < -0.39 is 17.9 Å². The minimum atomic E-state index is -0.879. The smallest absolute Gasteiger partial charge is 0.309 e. The molecule has 2 amide bonds. The second-order valence-electron chi connectivity index (χ2n) is 5.04. The molecule has 0 saturated heterocycles. The van der Waals surface area contributed by atoms with Crippen molar-refractivity contribution < 1.29 is 14.7 Å². The number of carbonyl (C=O) groups is 2. The van der Waals surface area contributed by atoms with Gasteiger partial charge < -0.3 is 20.3 Å². The van der Waals surface area contributed by atoms with E-state index in [1.165, 1.54) is 0 Å². The molecular formula is C16H18ClN3O3. The minimum Gasteiger partial charge on any atom is -0.385 e. The Morgan fingerprint density at radius 2 is 1.87 bits per heavy atom. The summed E-state index contributed by atoms with van der Waals surface area (Å²) in [7, 11) is 1.79. The number of nitrogens with zero attached hydrogens (tertiary/aromatic N) is 1. The van der Waals surface area contributed by atoms with Crippen LogP contribution in [0.3, 0.4) is 0 Å². The summed E-state index contributed by atoms with van der Waals surface area (Å²) in [5.74, 6) is -1.57.